The average Bonchev–Trinajstić information content (AvgIpc) is 2.27. The Morgan fingerprint density at radius 3 is 2.82 bits per heavy atom. The summed E-state index contributed by atoms with van der Waals surface area (Å²) in [7, 11) is 0. The van der Waals surface area contributed by atoms with Gasteiger partial charge in [0.15, 0.2) is 0 Å². The Morgan fingerprint density at radius 2 is 2.18 bits per heavy atom. The minimum absolute atomic E-state index is 0.0357. The number of carboxylic acids is 1. The largest absolute Gasteiger partial charge is 0.481 e. The Hall–Kier alpha value is -1.30. The van der Waals surface area contributed by atoms with Gasteiger partial charge in [0.1, 0.15) is 0 Å². The van der Waals surface area contributed by atoms with E-state index in [1.807, 2.05) is 13.8 Å². The van der Waals surface area contributed by atoms with E-state index >= 15 is 0 Å². The molecule has 1 rings (SSSR count). The molecule has 1 aliphatic heterocycles. The quantitative estimate of drug-likeness (QED) is 0.712. The van der Waals surface area contributed by atoms with E-state index < -0.39 is 5.97 Å². The zero-order chi connectivity index (χ0) is 12.8. The summed E-state index contributed by atoms with van der Waals surface area (Å²) in [4.78, 5) is 23.8. The molecule has 2 atom stereocenters. The molecule has 17 heavy (non-hydrogen) atoms. The van der Waals surface area contributed by atoms with Gasteiger partial charge in [-0.2, -0.15) is 0 Å². The monoisotopic (exact) mass is 244 g/mol. The number of urea groups is 1. The van der Waals surface area contributed by atoms with Gasteiger partial charge in [0, 0.05) is 19.5 Å². The van der Waals surface area contributed by atoms with Crippen LogP contribution < -0.4 is 5.32 Å². The fourth-order valence-corrected chi connectivity index (χ4v) is 1.76. The van der Waals surface area contributed by atoms with Crippen LogP contribution in [-0.4, -0.2) is 53.8 Å². The van der Waals surface area contributed by atoms with E-state index in [2.05, 4.69) is 5.32 Å². The van der Waals surface area contributed by atoms with Crippen LogP contribution in [0.2, 0.25) is 0 Å². The molecule has 0 saturated carbocycles. The number of carboxylic acid groups (broad SMARTS) is 1. The SMILES string of the molecule is CC1OCCN(C(=O)NCCCC(=O)O)C1C. The molecule has 0 aromatic heterocycles. The van der Waals surface area contributed by atoms with Crippen LogP contribution in [-0.2, 0) is 9.53 Å². The predicted octanol–water partition coefficient (Wildman–Crippen LogP) is 0.670. The van der Waals surface area contributed by atoms with Crippen molar-refractivity contribution in [1.82, 2.24) is 10.2 Å². The van der Waals surface area contributed by atoms with Crippen LogP contribution >= 0.6 is 0 Å². The number of carbonyl (C=O) groups excluding carboxylic acids is 1. The summed E-state index contributed by atoms with van der Waals surface area (Å²) in [6, 6.07) is -0.0961. The number of carbonyl (C=O) groups is 2. The Kier molecular flexibility index (Phi) is 5.21. The maximum absolute atomic E-state index is 11.8. The second-order valence-electron chi connectivity index (χ2n) is 4.24. The lowest BCUT2D eigenvalue weighted by Crippen LogP contribution is -2.54. The number of hydrogen-bond acceptors (Lipinski definition) is 3. The van der Waals surface area contributed by atoms with Crippen LogP contribution in [0.1, 0.15) is 26.7 Å². The van der Waals surface area contributed by atoms with Gasteiger partial charge in [-0.15, -0.1) is 0 Å². The third-order valence-corrected chi connectivity index (χ3v) is 2.99. The van der Waals surface area contributed by atoms with Crippen molar-refractivity contribution in [1.29, 1.82) is 0 Å². The molecule has 0 aliphatic carbocycles. The van der Waals surface area contributed by atoms with Gasteiger partial charge in [-0.3, -0.25) is 4.79 Å². The van der Waals surface area contributed by atoms with Crippen molar-refractivity contribution in [2.45, 2.75) is 38.8 Å². The number of hydrogen-bond donors (Lipinski definition) is 2. The van der Waals surface area contributed by atoms with E-state index in [9.17, 15) is 9.59 Å². The van der Waals surface area contributed by atoms with E-state index in [1.165, 1.54) is 0 Å². The van der Waals surface area contributed by atoms with Crippen LogP contribution in [0.4, 0.5) is 4.79 Å². The Morgan fingerprint density at radius 1 is 1.47 bits per heavy atom. The molecule has 1 heterocycles. The minimum Gasteiger partial charge on any atom is -0.481 e. The molecule has 98 valence electrons. The predicted molar refractivity (Wildman–Crippen MR) is 61.9 cm³/mol. The molecule has 1 saturated heterocycles. The Bertz CT molecular complexity index is 283. The number of nitrogens with zero attached hydrogens (tertiary/aromatic N) is 1. The minimum atomic E-state index is -0.840. The molecule has 2 unspecified atom stereocenters. The topological polar surface area (TPSA) is 78.9 Å². The highest BCUT2D eigenvalue weighted by atomic mass is 16.5. The molecular weight excluding hydrogens is 224 g/mol. The molecule has 1 fully saturated rings. The van der Waals surface area contributed by atoms with E-state index in [0.717, 1.165) is 0 Å². The van der Waals surface area contributed by atoms with Crippen molar-refractivity contribution in [2.75, 3.05) is 19.7 Å². The summed E-state index contributed by atoms with van der Waals surface area (Å²) in [5.41, 5.74) is 0. The summed E-state index contributed by atoms with van der Waals surface area (Å²) in [6.07, 6.45) is 0.568. The van der Waals surface area contributed by atoms with Crippen molar-refractivity contribution in [3.63, 3.8) is 0 Å². The lowest BCUT2D eigenvalue weighted by Gasteiger charge is -2.37. The van der Waals surface area contributed by atoms with Crippen LogP contribution in [0, 0.1) is 0 Å². The first kappa shape index (κ1) is 13.8. The summed E-state index contributed by atoms with van der Waals surface area (Å²) in [5.74, 6) is -0.840. The van der Waals surface area contributed by atoms with Gasteiger partial charge >= 0.3 is 12.0 Å². The van der Waals surface area contributed by atoms with Crippen LogP contribution in [0.15, 0.2) is 0 Å². The fourth-order valence-electron chi connectivity index (χ4n) is 1.76. The Balaban J connectivity index is 2.29. The maximum atomic E-state index is 11.8. The normalized spacial score (nSPS) is 24.5. The third kappa shape index (κ3) is 4.22. The van der Waals surface area contributed by atoms with Gasteiger partial charge in [0.25, 0.3) is 0 Å². The zero-order valence-corrected chi connectivity index (χ0v) is 10.3. The number of amides is 2. The molecule has 0 aromatic rings. The van der Waals surface area contributed by atoms with Crippen molar-refractivity contribution in [3.05, 3.63) is 0 Å². The van der Waals surface area contributed by atoms with Crippen LogP contribution in [0.5, 0.6) is 0 Å². The van der Waals surface area contributed by atoms with Gasteiger partial charge in [-0.05, 0) is 20.3 Å². The standard InChI is InChI=1S/C11H20N2O4/c1-8-9(2)17-7-6-13(8)11(16)12-5-3-4-10(14)15/h8-9H,3-7H2,1-2H3,(H,12,16)(H,14,15). The molecule has 0 bridgehead atoms. The van der Waals surface area contributed by atoms with E-state index in [-0.39, 0.29) is 24.6 Å². The van der Waals surface area contributed by atoms with Crippen molar-refractivity contribution in [2.24, 2.45) is 0 Å². The summed E-state index contributed by atoms with van der Waals surface area (Å²) in [6.45, 7) is 5.41. The summed E-state index contributed by atoms with van der Waals surface area (Å²) < 4.78 is 5.43. The van der Waals surface area contributed by atoms with Gasteiger partial charge in [-0.25, -0.2) is 4.79 Å². The molecule has 2 N–H and O–H groups in total. The molecule has 0 spiro atoms. The van der Waals surface area contributed by atoms with E-state index in [4.69, 9.17) is 9.84 Å². The maximum Gasteiger partial charge on any atom is 0.317 e. The number of rotatable bonds is 4. The second kappa shape index (κ2) is 6.44. The molecule has 6 nitrogen and oxygen atoms in total. The van der Waals surface area contributed by atoms with Gasteiger partial charge in [0.2, 0.25) is 0 Å². The van der Waals surface area contributed by atoms with Crippen molar-refractivity contribution in [3.8, 4) is 0 Å². The smallest absolute Gasteiger partial charge is 0.317 e. The van der Waals surface area contributed by atoms with Crippen molar-refractivity contribution < 1.29 is 19.4 Å². The highest BCUT2D eigenvalue weighted by Gasteiger charge is 2.28. The Labute approximate surface area is 101 Å². The molecule has 1 aliphatic rings. The van der Waals surface area contributed by atoms with E-state index in [0.29, 0.717) is 26.1 Å². The van der Waals surface area contributed by atoms with Gasteiger partial charge in [-0.1, -0.05) is 0 Å². The van der Waals surface area contributed by atoms with Gasteiger partial charge in [0.05, 0.1) is 18.8 Å². The first-order valence-corrected chi connectivity index (χ1v) is 5.90. The number of morpholine rings is 1. The first-order valence-electron chi connectivity index (χ1n) is 5.90. The molecule has 6 heteroatoms. The number of nitrogens with one attached hydrogen (secondary N) is 1. The van der Waals surface area contributed by atoms with E-state index in [1.54, 1.807) is 4.90 Å². The zero-order valence-electron chi connectivity index (χ0n) is 10.3. The molecule has 2 amide bonds. The summed E-state index contributed by atoms with van der Waals surface area (Å²) >= 11 is 0. The van der Waals surface area contributed by atoms with Crippen LogP contribution in [0.25, 0.3) is 0 Å². The number of ether oxygens (including phenoxy) is 1. The first-order chi connectivity index (χ1) is 8.02. The fraction of sp³-hybridized carbons (Fsp3) is 0.818. The highest BCUT2D eigenvalue weighted by molar-refractivity contribution is 5.74. The lowest BCUT2D eigenvalue weighted by molar-refractivity contribution is -0.137. The molecule has 0 aromatic carbocycles. The van der Waals surface area contributed by atoms with Crippen LogP contribution in [0.3, 0.4) is 0 Å². The number of aliphatic carboxylic acids is 1. The molecule has 0 radical (unpaired) electrons. The lowest BCUT2D eigenvalue weighted by atomic mass is 10.1. The third-order valence-electron chi connectivity index (χ3n) is 2.99. The molecular formula is C11H20N2O4. The van der Waals surface area contributed by atoms with Gasteiger partial charge < -0.3 is 20.1 Å². The summed E-state index contributed by atoms with van der Waals surface area (Å²) in [5, 5.41) is 11.2. The van der Waals surface area contributed by atoms with Crippen molar-refractivity contribution >= 4 is 12.0 Å². The second-order valence-corrected chi connectivity index (χ2v) is 4.24. The highest BCUT2D eigenvalue weighted by Crippen LogP contribution is 2.13. The average molecular weight is 244 g/mol.